The monoisotopic (exact) mass is 293 g/mol. The Kier molecular flexibility index (Phi) is 3.62. The van der Waals surface area contributed by atoms with E-state index in [4.69, 9.17) is 4.74 Å². The van der Waals surface area contributed by atoms with Crippen LogP contribution in [0.25, 0.3) is 10.2 Å². The van der Waals surface area contributed by atoms with Crippen LogP contribution in [-0.4, -0.2) is 47.3 Å². The van der Waals surface area contributed by atoms with E-state index in [1.807, 2.05) is 19.2 Å². The zero-order chi connectivity index (χ0) is 14.3. The average molecular weight is 293 g/mol. The van der Waals surface area contributed by atoms with Crippen molar-refractivity contribution in [2.45, 2.75) is 26.0 Å². The minimum atomic E-state index is 0.0479. The summed E-state index contributed by atoms with van der Waals surface area (Å²) < 4.78 is 8.28. The molecule has 0 unspecified atom stereocenters. The van der Waals surface area contributed by atoms with Gasteiger partial charge in [0.1, 0.15) is 4.70 Å². The van der Waals surface area contributed by atoms with Crippen LogP contribution in [0.4, 0.5) is 0 Å². The van der Waals surface area contributed by atoms with Crippen LogP contribution in [0.3, 0.4) is 0 Å². The highest BCUT2D eigenvalue weighted by atomic mass is 32.1. The van der Waals surface area contributed by atoms with Gasteiger partial charge in [-0.15, -0.1) is 11.3 Å². The van der Waals surface area contributed by atoms with E-state index in [9.17, 15) is 4.79 Å². The van der Waals surface area contributed by atoms with Crippen molar-refractivity contribution in [2.75, 3.05) is 26.7 Å². The third-order valence-corrected chi connectivity index (χ3v) is 4.91. The van der Waals surface area contributed by atoms with Crippen molar-refractivity contribution in [1.82, 2.24) is 14.5 Å². The fourth-order valence-corrected chi connectivity index (χ4v) is 3.80. The molecule has 1 saturated heterocycles. The fourth-order valence-electron chi connectivity index (χ4n) is 2.86. The van der Waals surface area contributed by atoms with E-state index < -0.39 is 0 Å². The topological polar surface area (TPSA) is 47.4 Å². The highest BCUT2D eigenvalue weighted by molar-refractivity contribution is 7.17. The molecule has 0 radical (unpaired) electrons. The minimum absolute atomic E-state index is 0.0479. The van der Waals surface area contributed by atoms with E-state index in [1.54, 1.807) is 10.9 Å². The Morgan fingerprint density at radius 1 is 1.50 bits per heavy atom. The maximum atomic E-state index is 12.6. The number of aryl methyl sites for hydroxylation is 1. The smallest absolute Gasteiger partial charge is 0.271 e. The molecule has 0 aliphatic carbocycles. The first kappa shape index (κ1) is 13.7. The normalized spacial score (nSPS) is 23.8. The molecule has 1 fully saturated rings. The molecule has 2 aromatic rings. The molecule has 3 heterocycles. The molecule has 0 bridgehead atoms. The van der Waals surface area contributed by atoms with Crippen molar-refractivity contribution in [1.29, 1.82) is 0 Å². The molecule has 2 aromatic heterocycles. The molecule has 1 aliphatic rings. The molecular formula is C14H19N3O2S. The van der Waals surface area contributed by atoms with Crippen LogP contribution in [0.5, 0.6) is 0 Å². The Bertz CT molecular complexity index is 679. The van der Waals surface area contributed by atoms with Crippen molar-refractivity contribution in [2.24, 2.45) is 0 Å². The van der Waals surface area contributed by atoms with Crippen molar-refractivity contribution < 1.29 is 4.74 Å². The molecule has 0 amide bonds. The van der Waals surface area contributed by atoms with Gasteiger partial charge in [0.05, 0.1) is 24.0 Å². The summed E-state index contributed by atoms with van der Waals surface area (Å²) >= 11 is 1.48. The van der Waals surface area contributed by atoms with E-state index in [1.165, 1.54) is 11.3 Å². The van der Waals surface area contributed by atoms with Crippen LogP contribution in [-0.2, 0) is 4.74 Å². The van der Waals surface area contributed by atoms with E-state index in [2.05, 4.69) is 16.9 Å². The maximum absolute atomic E-state index is 12.6. The number of likely N-dealkylation sites (tertiary alicyclic amines) is 1. The summed E-state index contributed by atoms with van der Waals surface area (Å²) in [4.78, 5) is 19.3. The second kappa shape index (κ2) is 5.27. The van der Waals surface area contributed by atoms with Crippen LogP contribution in [0.2, 0.25) is 0 Å². The third kappa shape index (κ3) is 2.17. The van der Waals surface area contributed by atoms with Gasteiger partial charge in [-0.25, -0.2) is 4.98 Å². The van der Waals surface area contributed by atoms with Crippen LogP contribution in [0, 0.1) is 6.92 Å². The fraction of sp³-hybridized carbons (Fsp3) is 0.571. The SMILES string of the molecule is CCO[C@H]1CN(C)C[C@@H]1n1cnc2c(C)csc2c1=O. The van der Waals surface area contributed by atoms with Crippen LogP contribution in [0.1, 0.15) is 18.5 Å². The lowest BCUT2D eigenvalue weighted by atomic mass is 10.2. The van der Waals surface area contributed by atoms with Gasteiger partial charge in [-0.3, -0.25) is 9.36 Å². The highest BCUT2D eigenvalue weighted by Crippen LogP contribution is 2.25. The first-order valence-electron chi connectivity index (χ1n) is 6.87. The van der Waals surface area contributed by atoms with Gasteiger partial charge in [-0.2, -0.15) is 0 Å². The number of hydrogen-bond acceptors (Lipinski definition) is 5. The van der Waals surface area contributed by atoms with Gasteiger partial charge in [0, 0.05) is 19.7 Å². The predicted molar refractivity (Wildman–Crippen MR) is 80.6 cm³/mol. The molecule has 3 rings (SSSR count). The van der Waals surface area contributed by atoms with Crippen molar-refractivity contribution in [3.8, 4) is 0 Å². The second-order valence-corrected chi connectivity index (χ2v) is 6.22. The summed E-state index contributed by atoms with van der Waals surface area (Å²) in [6, 6.07) is 0.0479. The number of thiophene rings is 1. The van der Waals surface area contributed by atoms with Gasteiger partial charge in [0.15, 0.2) is 0 Å². The van der Waals surface area contributed by atoms with Gasteiger partial charge >= 0.3 is 0 Å². The van der Waals surface area contributed by atoms with Crippen LogP contribution >= 0.6 is 11.3 Å². The van der Waals surface area contributed by atoms with Gasteiger partial charge in [0.25, 0.3) is 5.56 Å². The first-order valence-corrected chi connectivity index (χ1v) is 7.75. The van der Waals surface area contributed by atoms with Crippen molar-refractivity contribution >= 4 is 21.6 Å². The number of aromatic nitrogens is 2. The summed E-state index contributed by atoms with van der Waals surface area (Å²) in [5, 5.41) is 1.99. The standard InChI is InChI=1S/C14H19N3O2S/c1-4-19-11-6-16(3)5-10(11)17-8-15-12-9(2)7-20-13(12)14(17)18/h7-8,10-11H,4-6H2,1-3H3/t10-,11-/m0/s1. The molecular weight excluding hydrogens is 274 g/mol. The van der Waals surface area contributed by atoms with Gasteiger partial charge in [0.2, 0.25) is 0 Å². The zero-order valence-corrected chi connectivity index (χ0v) is 12.8. The lowest BCUT2D eigenvalue weighted by molar-refractivity contribution is 0.0459. The molecule has 20 heavy (non-hydrogen) atoms. The van der Waals surface area contributed by atoms with E-state index >= 15 is 0 Å². The Morgan fingerprint density at radius 2 is 2.30 bits per heavy atom. The number of hydrogen-bond donors (Lipinski definition) is 0. The lowest BCUT2D eigenvalue weighted by Crippen LogP contribution is -2.33. The quantitative estimate of drug-likeness (QED) is 0.863. The average Bonchev–Trinajstić information content (AvgIpc) is 2.96. The Labute approximate surface area is 121 Å². The van der Waals surface area contributed by atoms with Crippen molar-refractivity contribution in [3.63, 3.8) is 0 Å². The molecule has 0 N–H and O–H groups in total. The molecule has 2 atom stereocenters. The van der Waals surface area contributed by atoms with Crippen LogP contribution < -0.4 is 5.56 Å². The number of fused-ring (bicyclic) bond motifs is 1. The van der Waals surface area contributed by atoms with Gasteiger partial charge < -0.3 is 9.64 Å². The van der Waals surface area contributed by atoms with Gasteiger partial charge in [-0.05, 0) is 31.8 Å². The first-order chi connectivity index (χ1) is 9.61. The maximum Gasteiger partial charge on any atom is 0.271 e. The number of rotatable bonds is 3. The molecule has 5 nitrogen and oxygen atoms in total. The largest absolute Gasteiger partial charge is 0.375 e. The Hall–Kier alpha value is -1.24. The third-order valence-electron chi connectivity index (χ3n) is 3.84. The lowest BCUT2D eigenvalue weighted by Gasteiger charge is -2.20. The summed E-state index contributed by atoms with van der Waals surface area (Å²) in [5.74, 6) is 0. The molecule has 0 saturated carbocycles. The Morgan fingerprint density at radius 3 is 3.05 bits per heavy atom. The number of likely N-dealkylation sites (N-methyl/N-ethyl adjacent to an activating group) is 1. The predicted octanol–water partition coefficient (Wildman–Crippen LogP) is 1.66. The molecule has 1 aliphatic heterocycles. The summed E-state index contributed by atoms with van der Waals surface area (Å²) in [7, 11) is 2.05. The summed E-state index contributed by atoms with van der Waals surface area (Å²) in [6.45, 7) is 6.32. The van der Waals surface area contributed by atoms with E-state index in [0.29, 0.717) is 6.61 Å². The zero-order valence-electron chi connectivity index (χ0n) is 12.0. The summed E-state index contributed by atoms with van der Waals surface area (Å²) in [5.41, 5.74) is 1.95. The molecule has 0 aromatic carbocycles. The van der Waals surface area contributed by atoms with Crippen molar-refractivity contribution in [3.05, 3.63) is 27.6 Å². The van der Waals surface area contributed by atoms with Gasteiger partial charge in [-0.1, -0.05) is 0 Å². The molecule has 0 spiro atoms. The number of nitrogens with zero attached hydrogens (tertiary/aromatic N) is 3. The van der Waals surface area contributed by atoms with E-state index in [-0.39, 0.29) is 17.7 Å². The van der Waals surface area contributed by atoms with E-state index in [0.717, 1.165) is 28.9 Å². The van der Waals surface area contributed by atoms with Crippen LogP contribution in [0.15, 0.2) is 16.5 Å². The summed E-state index contributed by atoms with van der Waals surface area (Å²) in [6.07, 6.45) is 1.74. The number of ether oxygens (including phenoxy) is 1. The molecule has 108 valence electrons. The second-order valence-electron chi connectivity index (χ2n) is 5.34. The highest BCUT2D eigenvalue weighted by Gasteiger charge is 2.33. The Balaban J connectivity index is 2.05. The molecule has 6 heteroatoms. The minimum Gasteiger partial charge on any atom is -0.375 e.